The third-order valence-electron chi connectivity index (χ3n) is 3.28. The van der Waals surface area contributed by atoms with E-state index in [0.717, 1.165) is 16.3 Å². The Kier molecular flexibility index (Phi) is 3.31. The number of carbonyl (C=O) groups excluding carboxylic acids is 1. The van der Waals surface area contributed by atoms with Crippen LogP contribution < -0.4 is 10.2 Å². The molecule has 0 saturated heterocycles. The van der Waals surface area contributed by atoms with Crippen LogP contribution in [-0.2, 0) is 4.79 Å². The maximum atomic E-state index is 12.7. The Labute approximate surface area is 125 Å². The van der Waals surface area contributed by atoms with Crippen LogP contribution in [0, 0.1) is 6.92 Å². The van der Waals surface area contributed by atoms with E-state index in [0.29, 0.717) is 21.2 Å². The number of rotatable bonds is 2. The highest BCUT2D eigenvalue weighted by Crippen LogP contribution is 2.33. The molecule has 0 aliphatic carbocycles. The Morgan fingerprint density at radius 2 is 2.00 bits per heavy atom. The molecule has 3 rings (SSSR count). The van der Waals surface area contributed by atoms with Gasteiger partial charge in [0.2, 0.25) is 0 Å². The lowest BCUT2D eigenvalue weighted by atomic mass is 10.1. The summed E-state index contributed by atoms with van der Waals surface area (Å²) in [5.74, 6) is -0.138. The van der Waals surface area contributed by atoms with Crippen molar-refractivity contribution in [3.05, 3.63) is 64.8 Å². The third kappa shape index (κ3) is 2.23. The second-order valence-electron chi connectivity index (χ2n) is 4.64. The molecule has 0 amide bonds. The largest absolute Gasteiger partial charge is 0.422 e. The minimum absolute atomic E-state index is 0.0339. The van der Waals surface area contributed by atoms with Crippen LogP contribution in [0.4, 0.5) is 0 Å². The zero-order chi connectivity index (χ0) is 15.0. The standard InChI is InChI=1S/C17H12O3S/c1-3-14(18)20-12-9-8-10(2)15-16(19)11-6-4-5-7-13(11)21-17(12)15/h3-9H,1H2,2H3. The van der Waals surface area contributed by atoms with Crippen LogP contribution in [-0.4, -0.2) is 5.97 Å². The summed E-state index contributed by atoms with van der Waals surface area (Å²) in [6.45, 7) is 5.27. The molecule has 0 bridgehead atoms. The maximum Gasteiger partial charge on any atom is 0.335 e. The summed E-state index contributed by atoms with van der Waals surface area (Å²) in [6.07, 6.45) is 1.11. The van der Waals surface area contributed by atoms with Gasteiger partial charge in [0.05, 0.1) is 4.70 Å². The molecular weight excluding hydrogens is 284 g/mol. The third-order valence-corrected chi connectivity index (χ3v) is 4.46. The molecule has 1 heterocycles. The summed E-state index contributed by atoms with van der Waals surface area (Å²) < 4.78 is 6.81. The van der Waals surface area contributed by atoms with E-state index in [9.17, 15) is 9.59 Å². The van der Waals surface area contributed by atoms with Crippen LogP contribution in [0.15, 0.2) is 53.8 Å². The second kappa shape index (κ2) is 5.14. The minimum atomic E-state index is -0.534. The van der Waals surface area contributed by atoms with Gasteiger partial charge in [-0.15, -0.1) is 11.3 Å². The minimum Gasteiger partial charge on any atom is -0.422 e. The number of hydrogen-bond acceptors (Lipinski definition) is 4. The summed E-state index contributed by atoms with van der Waals surface area (Å²) in [4.78, 5) is 24.1. The van der Waals surface area contributed by atoms with Crippen molar-refractivity contribution in [1.82, 2.24) is 0 Å². The van der Waals surface area contributed by atoms with E-state index in [1.54, 1.807) is 12.1 Å². The number of ether oxygens (including phenoxy) is 1. The first kappa shape index (κ1) is 13.5. The highest BCUT2D eigenvalue weighted by molar-refractivity contribution is 7.24. The van der Waals surface area contributed by atoms with E-state index in [-0.39, 0.29) is 5.43 Å². The number of aryl methyl sites for hydroxylation is 1. The first-order valence-corrected chi connectivity index (χ1v) is 7.23. The van der Waals surface area contributed by atoms with Crippen molar-refractivity contribution in [3.8, 4) is 5.75 Å². The van der Waals surface area contributed by atoms with Gasteiger partial charge in [0.25, 0.3) is 0 Å². The van der Waals surface area contributed by atoms with Gasteiger partial charge < -0.3 is 4.74 Å². The normalized spacial score (nSPS) is 10.7. The SMILES string of the molecule is C=CC(=O)Oc1ccc(C)c2c(=O)c3ccccc3sc12. The van der Waals surface area contributed by atoms with E-state index in [1.165, 1.54) is 11.3 Å². The van der Waals surface area contributed by atoms with E-state index in [1.807, 2.05) is 31.2 Å². The Morgan fingerprint density at radius 1 is 1.24 bits per heavy atom. The molecule has 0 radical (unpaired) electrons. The Morgan fingerprint density at radius 3 is 2.76 bits per heavy atom. The lowest BCUT2D eigenvalue weighted by Crippen LogP contribution is -2.07. The molecule has 0 fully saturated rings. The molecule has 0 spiro atoms. The van der Waals surface area contributed by atoms with E-state index < -0.39 is 5.97 Å². The number of benzene rings is 2. The molecule has 3 aromatic rings. The molecule has 3 nitrogen and oxygen atoms in total. The quantitative estimate of drug-likeness (QED) is 0.312. The Balaban J connectivity index is 2.43. The van der Waals surface area contributed by atoms with Gasteiger partial charge in [-0.05, 0) is 30.7 Å². The van der Waals surface area contributed by atoms with Gasteiger partial charge in [0.1, 0.15) is 5.75 Å². The van der Waals surface area contributed by atoms with Crippen molar-refractivity contribution in [3.63, 3.8) is 0 Å². The maximum absolute atomic E-state index is 12.7. The zero-order valence-electron chi connectivity index (χ0n) is 11.4. The zero-order valence-corrected chi connectivity index (χ0v) is 12.2. The number of hydrogen-bond donors (Lipinski definition) is 0. The van der Waals surface area contributed by atoms with Crippen LogP contribution in [0.5, 0.6) is 5.75 Å². The molecule has 104 valence electrons. The van der Waals surface area contributed by atoms with Crippen LogP contribution >= 0.6 is 11.3 Å². The van der Waals surface area contributed by atoms with Gasteiger partial charge in [-0.2, -0.15) is 0 Å². The smallest absolute Gasteiger partial charge is 0.335 e. The lowest BCUT2D eigenvalue weighted by Gasteiger charge is -2.08. The van der Waals surface area contributed by atoms with Crippen LogP contribution in [0.3, 0.4) is 0 Å². The summed E-state index contributed by atoms with van der Waals surface area (Å²) in [6, 6.07) is 10.9. The molecule has 0 aliphatic rings. The van der Waals surface area contributed by atoms with Gasteiger partial charge in [0, 0.05) is 21.5 Å². The molecular formula is C17H12O3S. The molecule has 0 saturated carbocycles. The summed E-state index contributed by atoms with van der Waals surface area (Å²) in [5.41, 5.74) is 0.837. The molecule has 2 aromatic carbocycles. The molecule has 0 N–H and O–H groups in total. The van der Waals surface area contributed by atoms with Crippen molar-refractivity contribution < 1.29 is 9.53 Å². The highest BCUT2D eigenvalue weighted by Gasteiger charge is 2.13. The van der Waals surface area contributed by atoms with Crippen LogP contribution in [0.1, 0.15) is 5.56 Å². The van der Waals surface area contributed by atoms with Crippen LogP contribution in [0.2, 0.25) is 0 Å². The molecule has 4 heteroatoms. The van der Waals surface area contributed by atoms with Crippen molar-refractivity contribution >= 4 is 37.5 Å². The van der Waals surface area contributed by atoms with Gasteiger partial charge in [-0.3, -0.25) is 4.79 Å². The topological polar surface area (TPSA) is 43.4 Å². The number of esters is 1. The van der Waals surface area contributed by atoms with Crippen molar-refractivity contribution in [2.75, 3.05) is 0 Å². The molecule has 1 aromatic heterocycles. The number of carbonyl (C=O) groups is 1. The summed E-state index contributed by atoms with van der Waals surface area (Å²) in [7, 11) is 0. The monoisotopic (exact) mass is 296 g/mol. The predicted molar refractivity (Wildman–Crippen MR) is 86.2 cm³/mol. The molecule has 0 unspecified atom stereocenters. The predicted octanol–water partition coefficient (Wildman–Crippen LogP) is 3.81. The van der Waals surface area contributed by atoms with E-state index in [4.69, 9.17) is 4.74 Å². The van der Waals surface area contributed by atoms with Crippen molar-refractivity contribution in [2.24, 2.45) is 0 Å². The van der Waals surface area contributed by atoms with Crippen molar-refractivity contribution in [1.29, 1.82) is 0 Å². The van der Waals surface area contributed by atoms with Crippen LogP contribution in [0.25, 0.3) is 20.2 Å². The molecule has 0 atom stereocenters. The summed E-state index contributed by atoms with van der Waals surface area (Å²) >= 11 is 1.45. The fourth-order valence-electron chi connectivity index (χ4n) is 2.26. The lowest BCUT2D eigenvalue weighted by molar-refractivity contribution is -0.128. The van der Waals surface area contributed by atoms with Gasteiger partial charge in [-0.25, -0.2) is 4.79 Å². The van der Waals surface area contributed by atoms with Gasteiger partial charge >= 0.3 is 5.97 Å². The van der Waals surface area contributed by atoms with Gasteiger partial charge in [-0.1, -0.05) is 24.8 Å². The average Bonchev–Trinajstić information content (AvgIpc) is 2.50. The molecule has 21 heavy (non-hydrogen) atoms. The Bertz CT molecular complexity index is 938. The fraction of sp³-hybridized carbons (Fsp3) is 0.0588. The highest BCUT2D eigenvalue weighted by atomic mass is 32.1. The molecule has 0 aliphatic heterocycles. The van der Waals surface area contributed by atoms with E-state index >= 15 is 0 Å². The van der Waals surface area contributed by atoms with Gasteiger partial charge in [0.15, 0.2) is 5.43 Å². The summed E-state index contributed by atoms with van der Waals surface area (Å²) in [5, 5.41) is 1.29. The first-order chi connectivity index (χ1) is 10.1. The second-order valence-corrected chi connectivity index (χ2v) is 5.69. The van der Waals surface area contributed by atoms with Crippen molar-refractivity contribution in [2.45, 2.75) is 6.92 Å². The number of fused-ring (bicyclic) bond motifs is 2. The fourth-order valence-corrected chi connectivity index (χ4v) is 3.47. The average molecular weight is 296 g/mol. The first-order valence-electron chi connectivity index (χ1n) is 6.41. The van der Waals surface area contributed by atoms with E-state index in [2.05, 4.69) is 6.58 Å². The Hall–Kier alpha value is -2.46.